The second kappa shape index (κ2) is 11.9. The van der Waals surface area contributed by atoms with Gasteiger partial charge in [-0.1, -0.05) is 58.3 Å². The molecule has 0 aromatic carbocycles. The van der Waals surface area contributed by atoms with Crippen molar-refractivity contribution in [1.29, 1.82) is 0 Å². The molecule has 0 saturated carbocycles. The second-order valence-corrected chi connectivity index (χ2v) is 3.66. The fourth-order valence-corrected chi connectivity index (χ4v) is 1.48. The van der Waals surface area contributed by atoms with Gasteiger partial charge >= 0.3 is 0 Å². The van der Waals surface area contributed by atoms with Crippen LogP contribution in [0.5, 0.6) is 0 Å². The summed E-state index contributed by atoms with van der Waals surface area (Å²) < 4.78 is 0. The first kappa shape index (κ1) is 12.9. The smallest absolute Gasteiger partial charge is 0.0720 e. The summed E-state index contributed by atoms with van der Waals surface area (Å²) in [6.07, 6.45) is 11.7. The van der Waals surface area contributed by atoms with Crippen LogP contribution in [0.4, 0.5) is 0 Å². The van der Waals surface area contributed by atoms with E-state index in [1.54, 1.807) is 0 Å². The Bertz CT molecular complexity index is 76.2. The van der Waals surface area contributed by atoms with Gasteiger partial charge in [-0.3, -0.25) is 4.84 Å². The average molecular weight is 185 g/mol. The predicted octanol–water partition coefficient (Wildman–Crippen LogP) is 3.52. The van der Waals surface area contributed by atoms with Crippen LogP contribution in [0.25, 0.3) is 0 Å². The zero-order valence-electron chi connectivity index (χ0n) is 8.93. The first-order valence-electron chi connectivity index (χ1n) is 5.68. The molecular formula is C11H23NO. The second-order valence-electron chi connectivity index (χ2n) is 3.66. The topological polar surface area (TPSA) is 31.5 Å². The Labute approximate surface area is 82.8 Å². The standard InChI is InChI=1S/C11H23NO/c1-2-3-4-5-6-7-8-9-10-11-13-12/h2-11H2,1H3. The van der Waals surface area contributed by atoms with Gasteiger partial charge in [0.25, 0.3) is 0 Å². The Morgan fingerprint density at radius 3 is 1.69 bits per heavy atom. The van der Waals surface area contributed by atoms with E-state index in [1.807, 2.05) is 0 Å². The first-order valence-corrected chi connectivity index (χ1v) is 5.68. The van der Waals surface area contributed by atoms with Gasteiger partial charge in [-0.05, 0) is 6.42 Å². The number of nitrogens with zero attached hydrogens (tertiary/aromatic N) is 1. The van der Waals surface area contributed by atoms with Crippen LogP contribution in [0.2, 0.25) is 0 Å². The van der Waals surface area contributed by atoms with Crippen molar-refractivity contribution in [1.82, 2.24) is 5.90 Å². The molecule has 0 aliphatic carbocycles. The Morgan fingerprint density at radius 2 is 1.23 bits per heavy atom. The van der Waals surface area contributed by atoms with E-state index in [0.29, 0.717) is 6.61 Å². The monoisotopic (exact) mass is 185 g/mol. The number of hydrogen-bond donors (Lipinski definition) is 0. The molecule has 13 heavy (non-hydrogen) atoms. The van der Waals surface area contributed by atoms with Crippen molar-refractivity contribution in [3.63, 3.8) is 0 Å². The normalized spacial score (nSPS) is 10.6. The van der Waals surface area contributed by atoms with Gasteiger partial charge in [-0.25, -0.2) is 0 Å². The molecule has 0 bridgehead atoms. The van der Waals surface area contributed by atoms with Gasteiger partial charge in [0.15, 0.2) is 0 Å². The maximum absolute atomic E-state index is 8.07. The lowest BCUT2D eigenvalue weighted by atomic mass is 10.1. The van der Waals surface area contributed by atoms with Crippen LogP contribution < -0.4 is 5.90 Å². The summed E-state index contributed by atoms with van der Waals surface area (Å²) in [4.78, 5) is 4.00. The maximum Gasteiger partial charge on any atom is 0.0720 e. The zero-order valence-corrected chi connectivity index (χ0v) is 8.93. The quantitative estimate of drug-likeness (QED) is 0.378. The lowest BCUT2D eigenvalue weighted by molar-refractivity contribution is 0.114. The lowest BCUT2D eigenvalue weighted by Gasteiger charge is -2.00. The molecule has 0 atom stereocenters. The molecule has 2 nitrogen and oxygen atoms in total. The third-order valence-electron chi connectivity index (χ3n) is 2.34. The highest BCUT2D eigenvalue weighted by molar-refractivity contribution is 4.46. The minimum atomic E-state index is 0.496. The average Bonchev–Trinajstić information content (AvgIpc) is 2.16. The molecule has 0 amide bonds. The van der Waals surface area contributed by atoms with E-state index in [2.05, 4.69) is 11.8 Å². The molecule has 0 aliphatic heterocycles. The number of rotatable bonds is 10. The molecule has 0 rings (SSSR count). The fraction of sp³-hybridized carbons (Fsp3) is 1.00. The van der Waals surface area contributed by atoms with Crippen LogP contribution in [-0.4, -0.2) is 6.61 Å². The van der Waals surface area contributed by atoms with Crippen LogP contribution in [-0.2, 0) is 4.84 Å². The summed E-state index contributed by atoms with van der Waals surface area (Å²) in [5, 5.41) is 0. The van der Waals surface area contributed by atoms with E-state index >= 15 is 0 Å². The van der Waals surface area contributed by atoms with Crippen LogP contribution in [0.3, 0.4) is 0 Å². The van der Waals surface area contributed by atoms with E-state index in [4.69, 9.17) is 5.90 Å². The van der Waals surface area contributed by atoms with Gasteiger partial charge in [0.05, 0.1) is 6.61 Å². The van der Waals surface area contributed by atoms with Crippen LogP contribution >= 0.6 is 0 Å². The summed E-state index contributed by atoms with van der Waals surface area (Å²) in [6, 6.07) is 0. The molecule has 0 heterocycles. The maximum atomic E-state index is 8.07. The molecule has 78 valence electrons. The zero-order chi connectivity index (χ0) is 9.78. The van der Waals surface area contributed by atoms with Gasteiger partial charge in [-0.2, -0.15) is 0 Å². The van der Waals surface area contributed by atoms with E-state index in [0.717, 1.165) is 6.42 Å². The molecule has 0 N–H and O–H groups in total. The number of unbranched alkanes of at least 4 members (excludes halogenated alkanes) is 8. The largest absolute Gasteiger partial charge is 0.264 e. The minimum Gasteiger partial charge on any atom is -0.264 e. The first-order chi connectivity index (χ1) is 6.41. The minimum absolute atomic E-state index is 0.496. The lowest BCUT2D eigenvalue weighted by Crippen LogP contribution is -1.90. The highest BCUT2D eigenvalue weighted by Gasteiger charge is 1.91. The van der Waals surface area contributed by atoms with E-state index in [-0.39, 0.29) is 0 Å². The van der Waals surface area contributed by atoms with Crippen molar-refractivity contribution in [3.8, 4) is 0 Å². The third-order valence-corrected chi connectivity index (χ3v) is 2.34. The van der Waals surface area contributed by atoms with Gasteiger partial charge in [-0.15, -0.1) is 0 Å². The summed E-state index contributed by atoms with van der Waals surface area (Å²) in [6.45, 7) is 2.74. The van der Waals surface area contributed by atoms with Crippen molar-refractivity contribution in [2.75, 3.05) is 6.61 Å². The molecule has 0 aromatic rings. The van der Waals surface area contributed by atoms with Crippen molar-refractivity contribution >= 4 is 0 Å². The molecule has 0 saturated heterocycles. The Hall–Kier alpha value is -0.0800. The van der Waals surface area contributed by atoms with Crippen molar-refractivity contribution in [2.45, 2.75) is 64.7 Å². The molecule has 0 aliphatic rings. The van der Waals surface area contributed by atoms with E-state index < -0.39 is 0 Å². The SMILES string of the molecule is CCCCCCCCCCCO[N]. The van der Waals surface area contributed by atoms with Crippen molar-refractivity contribution < 1.29 is 4.84 Å². The van der Waals surface area contributed by atoms with E-state index in [1.165, 1.54) is 51.4 Å². The summed E-state index contributed by atoms with van der Waals surface area (Å²) >= 11 is 0. The molecule has 0 spiro atoms. The summed E-state index contributed by atoms with van der Waals surface area (Å²) in [7, 11) is 0. The van der Waals surface area contributed by atoms with E-state index in [9.17, 15) is 0 Å². The molecule has 0 fully saturated rings. The Morgan fingerprint density at radius 1 is 0.769 bits per heavy atom. The predicted molar refractivity (Wildman–Crippen MR) is 55.3 cm³/mol. The Balaban J connectivity index is 2.76. The highest BCUT2D eigenvalue weighted by Crippen LogP contribution is 2.09. The van der Waals surface area contributed by atoms with Gasteiger partial charge in [0.2, 0.25) is 0 Å². The molecule has 0 aromatic heterocycles. The third kappa shape index (κ3) is 11.9. The summed E-state index contributed by atoms with van der Waals surface area (Å²) in [5.74, 6) is 8.07. The molecular weight excluding hydrogens is 162 g/mol. The molecule has 2 heteroatoms. The van der Waals surface area contributed by atoms with Crippen molar-refractivity contribution in [2.24, 2.45) is 0 Å². The van der Waals surface area contributed by atoms with Gasteiger partial charge in [0, 0.05) is 5.90 Å². The van der Waals surface area contributed by atoms with Crippen LogP contribution in [0.15, 0.2) is 0 Å². The number of hydrogen-bond acceptors (Lipinski definition) is 1. The van der Waals surface area contributed by atoms with Crippen molar-refractivity contribution in [3.05, 3.63) is 0 Å². The summed E-state index contributed by atoms with van der Waals surface area (Å²) in [5.41, 5.74) is 0. The van der Waals surface area contributed by atoms with Gasteiger partial charge < -0.3 is 0 Å². The fourth-order valence-electron chi connectivity index (χ4n) is 1.48. The van der Waals surface area contributed by atoms with Crippen LogP contribution in [0, 0.1) is 0 Å². The van der Waals surface area contributed by atoms with Crippen LogP contribution in [0.1, 0.15) is 64.7 Å². The highest BCUT2D eigenvalue weighted by atomic mass is 16.6. The van der Waals surface area contributed by atoms with Gasteiger partial charge in [0.1, 0.15) is 0 Å². The Kier molecular flexibility index (Phi) is 11.8. The molecule has 0 unspecified atom stereocenters. The molecule has 2 radical (unpaired) electrons.